The van der Waals surface area contributed by atoms with Crippen molar-refractivity contribution < 1.29 is 4.74 Å². The maximum Gasteiger partial charge on any atom is 0.123 e. The van der Waals surface area contributed by atoms with Crippen LogP contribution in [0.1, 0.15) is 40.1 Å². The van der Waals surface area contributed by atoms with Crippen molar-refractivity contribution in [2.75, 3.05) is 0 Å². The highest BCUT2D eigenvalue weighted by atomic mass is 35.5. The molecule has 0 radical (unpaired) electrons. The third-order valence-corrected chi connectivity index (χ3v) is 4.41. The first kappa shape index (κ1) is 13.5. The molecule has 0 aromatic heterocycles. The van der Waals surface area contributed by atoms with Gasteiger partial charge < -0.3 is 4.74 Å². The number of benzene rings is 2. The zero-order valence-corrected chi connectivity index (χ0v) is 12.9. The first-order chi connectivity index (χ1) is 9.54. The summed E-state index contributed by atoms with van der Waals surface area (Å²) < 4.78 is 5.75. The van der Waals surface area contributed by atoms with Gasteiger partial charge in [-0.2, -0.15) is 0 Å². The Morgan fingerprint density at radius 3 is 2.75 bits per heavy atom. The van der Waals surface area contributed by atoms with Gasteiger partial charge in [0.05, 0.1) is 5.38 Å². The highest BCUT2D eigenvalue weighted by Gasteiger charge is 2.21. The van der Waals surface area contributed by atoms with Crippen LogP contribution in [-0.4, -0.2) is 6.10 Å². The molecule has 0 saturated carbocycles. The van der Waals surface area contributed by atoms with E-state index in [9.17, 15) is 0 Å². The maximum atomic E-state index is 6.71. The molecule has 0 amide bonds. The summed E-state index contributed by atoms with van der Waals surface area (Å²) in [6.45, 7) is 6.32. The van der Waals surface area contributed by atoms with Crippen LogP contribution in [0.25, 0.3) is 0 Å². The number of hydrogen-bond donors (Lipinski definition) is 0. The summed E-state index contributed by atoms with van der Waals surface area (Å²) in [6.07, 6.45) is 1.24. The number of alkyl halides is 1. The maximum absolute atomic E-state index is 6.71. The summed E-state index contributed by atoms with van der Waals surface area (Å²) in [5, 5.41) is -0.101. The van der Waals surface area contributed by atoms with Crippen molar-refractivity contribution in [2.45, 2.75) is 38.7 Å². The van der Waals surface area contributed by atoms with Crippen molar-refractivity contribution >= 4 is 11.6 Å². The third kappa shape index (κ3) is 2.43. The highest BCUT2D eigenvalue weighted by molar-refractivity contribution is 6.22. The Labute approximate surface area is 125 Å². The van der Waals surface area contributed by atoms with Gasteiger partial charge in [0, 0.05) is 6.42 Å². The molecule has 20 heavy (non-hydrogen) atoms. The number of hydrogen-bond acceptors (Lipinski definition) is 1. The van der Waals surface area contributed by atoms with Crippen molar-refractivity contribution in [2.24, 2.45) is 0 Å². The third-order valence-electron chi connectivity index (χ3n) is 3.92. The summed E-state index contributed by atoms with van der Waals surface area (Å²) >= 11 is 6.71. The molecule has 0 fully saturated rings. The smallest absolute Gasteiger partial charge is 0.123 e. The standard InChI is InChI=1S/C18H19ClO/c1-11-4-5-12(2)16(8-11)18(19)14-6-7-17-15(10-14)9-13(3)20-17/h4-8,10,13,18H,9H2,1-3H3. The van der Waals surface area contributed by atoms with Crippen LogP contribution in [0.5, 0.6) is 5.75 Å². The summed E-state index contributed by atoms with van der Waals surface area (Å²) in [5.74, 6) is 1.01. The van der Waals surface area contributed by atoms with E-state index in [1.807, 2.05) is 0 Å². The molecule has 1 aliphatic rings. The number of aryl methyl sites for hydroxylation is 2. The lowest BCUT2D eigenvalue weighted by molar-refractivity contribution is 0.254. The molecule has 0 aliphatic carbocycles. The Kier molecular flexibility index (Phi) is 3.47. The summed E-state index contributed by atoms with van der Waals surface area (Å²) in [4.78, 5) is 0. The number of fused-ring (bicyclic) bond motifs is 1. The van der Waals surface area contributed by atoms with E-state index in [0.717, 1.165) is 17.7 Å². The first-order valence-electron chi connectivity index (χ1n) is 7.05. The van der Waals surface area contributed by atoms with Gasteiger partial charge >= 0.3 is 0 Å². The minimum Gasteiger partial charge on any atom is -0.490 e. The molecule has 0 spiro atoms. The number of rotatable bonds is 2. The van der Waals surface area contributed by atoms with Crippen LogP contribution in [0.2, 0.25) is 0 Å². The second-order valence-electron chi connectivity index (χ2n) is 5.72. The highest BCUT2D eigenvalue weighted by Crippen LogP contribution is 2.36. The van der Waals surface area contributed by atoms with Crippen molar-refractivity contribution in [3.63, 3.8) is 0 Å². The molecule has 1 nitrogen and oxygen atoms in total. The van der Waals surface area contributed by atoms with Gasteiger partial charge in [-0.3, -0.25) is 0 Å². The lowest BCUT2D eigenvalue weighted by Gasteiger charge is -2.15. The summed E-state index contributed by atoms with van der Waals surface area (Å²) in [7, 11) is 0. The van der Waals surface area contributed by atoms with E-state index < -0.39 is 0 Å². The molecular weight excluding hydrogens is 268 g/mol. The Hall–Kier alpha value is -1.47. The van der Waals surface area contributed by atoms with Crippen LogP contribution in [0.3, 0.4) is 0 Å². The summed E-state index contributed by atoms with van der Waals surface area (Å²) in [5.41, 5.74) is 6.09. The molecule has 1 aliphatic heterocycles. The Balaban J connectivity index is 1.97. The molecule has 0 bridgehead atoms. The van der Waals surface area contributed by atoms with Crippen LogP contribution in [-0.2, 0) is 6.42 Å². The van der Waals surface area contributed by atoms with E-state index in [-0.39, 0.29) is 11.5 Å². The van der Waals surface area contributed by atoms with E-state index in [1.54, 1.807) is 0 Å². The van der Waals surface area contributed by atoms with Gasteiger partial charge in [-0.1, -0.05) is 35.9 Å². The van der Waals surface area contributed by atoms with Crippen molar-refractivity contribution in [1.29, 1.82) is 0 Å². The van der Waals surface area contributed by atoms with Crippen LogP contribution < -0.4 is 4.74 Å². The van der Waals surface area contributed by atoms with Gasteiger partial charge in [-0.25, -0.2) is 0 Å². The molecular formula is C18H19ClO. The molecule has 1 heterocycles. The van der Waals surface area contributed by atoms with E-state index in [0.29, 0.717) is 0 Å². The molecule has 2 aromatic rings. The SMILES string of the molecule is Cc1ccc(C)c(C(Cl)c2ccc3c(c2)CC(C)O3)c1. The van der Waals surface area contributed by atoms with Crippen molar-refractivity contribution in [3.05, 3.63) is 64.2 Å². The predicted molar refractivity (Wildman–Crippen MR) is 83.8 cm³/mol. The quantitative estimate of drug-likeness (QED) is 0.709. The number of halogens is 1. The van der Waals surface area contributed by atoms with Crippen LogP contribution in [0.4, 0.5) is 0 Å². The Bertz CT molecular complexity index is 648. The average molecular weight is 287 g/mol. The number of ether oxygens (including phenoxy) is 1. The van der Waals surface area contributed by atoms with Gasteiger partial charge in [0.15, 0.2) is 0 Å². The second kappa shape index (κ2) is 5.14. The van der Waals surface area contributed by atoms with E-state index in [1.165, 1.54) is 22.3 Å². The van der Waals surface area contributed by atoms with Crippen LogP contribution in [0.15, 0.2) is 36.4 Å². The van der Waals surface area contributed by atoms with E-state index >= 15 is 0 Å². The molecule has 0 saturated heterocycles. The molecule has 2 atom stereocenters. The fourth-order valence-corrected chi connectivity index (χ4v) is 3.18. The largest absolute Gasteiger partial charge is 0.490 e. The lowest BCUT2D eigenvalue weighted by atomic mass is 9.96. The second-order valence-corrected chi connectivity index (χ2v) is 6.16. The fraction of sp³-hybridized carbons (Fsp3) is 0.333. The summed E-state index contributed by atoms with van der Waals surface area (Å²) in [6, 6.07) is 12.8. The van der Waals surface area contributed by atoms with E-state index in [2.05, 4.69) is 57.2 Å². The Morgan fingerprint density at radius 2 is 1.95 bits per heavy atom. The van der Waals surface area contributed by atoms with Crippen molar-refractivity contribution in [3.8, 4) is 5.75 Å². The molecule has 2 unspecified atom stereocenters. The normalized spacial score (nSPS) is 18.5. The van der Waals surface area contributed by atoms with Crippen LogP contribution in [0, 0.1) is 13.8 Å². The minimum absolute atomic E-state index is 0.101. The first-order valence-corrected chi connectivity index (χ1v) is 7.49. The van der Waals surface area contributed by atoms with Gasteiger partial charge in [-0.15, -0.1) is 11.6 Å². The predicted octanol–water partition coefficient (Wildman–Crippen LogP) is 4.96. The lowest BCUT2D eigenvalue weighted by Crippen LogP contribution is -2.05. The average Bonchev–Trinajstić information content (AvgIpc) is 2.79. The molecule has 2 heteroatoms. The van der Waals surface area contributed by atoms with Gasteiger partial charge in [-0.05, 0) is 49.1 Å². The van der Waals surface area contributed by atoms with Crippen LogP contribution >= 0.6 is 11.6 Å². The van der Waals surface area contributed by atoms with Gasteiger partial charge in [0.25, 0.3) is 0 Å². The zero-order valence-electron chi connectivity index (χ0n) is 12.1. The molecule has 104 valence electrons. The fourth-order valence-electron chi connectivity index (χ4n) is 2.81. The van der Waals surface area contributed by atoms with Crippen molar-refractivity contribution in [1.82, 2.24) is 0 Å². The van der Waals surface area contributed by atoms with Gasteiger partial charge in [0.1, 0.15) is 11.9 Å². The minimum atomic E-state index is -0.101. The topological polar surface area (TPSA) is 9.23 Å². The molecule has 2 aromatic carbocycles. The molecule has 0 N–H and O–H groups in total. The Morgan fingerprint density at radius 1 is 1.15 bits per heavy atom. The zero-order chi connectivity index (χ0) is 14.3. The van der Waals surface area contributed by atoms with Gasteiger partial charge in [0.2, 0.25) is 0 Å². The van der Waals surface area contributed by atoms with E-state index in [4.69, 9.17) is 16.3 Å². The monoisotopic (exact) mass is 286 g/mol. The molecule has 3 rings (SSSR count).